The lowest BCUT2D eigenvalue weighted by Crippen LogP contribution is -2.29. The molecule has 0 heterocycles. The van der Waals surface area contributed by atoms with Crippen molar-refractivity contribution < 1.29 is 14.2 Å². The number of hydrogen-bond donors (Lipinski definition) is 1. The average Bonchev–Trinajstić information content (AvgIpc) is 2.47. The number of benzene rings is 1. The Morgan fingerprint density at radius 3 is 2.55 bits per heavy atom. The molecule has 0 spiro atoms. The van der Waals surface area contributed by atoms with Crippen molar-refractivity contribution in [2.45, 2.75) is 50.9 Å². The van der Waals surface area contributed by atoms with E-state index < -0.39 is 0 Å². The molecular weight excluding hydrogens is 254 g/mol. The first-order valence-corrected chi connectivity index (χ1v) is 7.27. The maximum absolute atomic E-state index is 6.10. The summed E-state index contributed by atoms with van der Waals surface area (Å²) < 4.78 is 17.0. The summed E-state index contributed by atoms with van der Waals surface area (Å²) in [5.74, 6) is 1.54. The molecule has 1 aliphatic carbocycles. The minimum atomic E-state index is -0.00879. The van der Waals surface area contributed by atoms with E-state index in [-0.39, 0.29) is 12.1 Å². The van der Waals surface area contributed by atoms with Gasteiger partial charge in [-0.25, -0.2) is 0 Å². The topological polar surface area (TPSA) is 53.7 Å². The van der Waals surface area contributed by atoms with Crippen LogP contribution >= 0.6 is 0 Å². The standard InChI is InChI=1S/C16H25NO3/c1-11(17)12-7-8-15(16(9-12)19-3)20-14-6-4-5-13(10-14)18-2/h7-9,11,13-14H,4-6,10,17H2,1-3H3/t11-,13?,14?/m1/s1. The fourth-order valence-corrected chi connectivity index (χ4v) is 2.67. The van der Waals surface area contributed by atoms with E-state index >= 15 is 0 Å². The highest BCUT2D eigenvalue weighted by Gasteiger charge is 2.24. The monoisotopic (exact) mass is 279 g/mol. The Morgan fingerprint density at radius 2 is 1.90 bits per heavy atom. The first kappa shape index (κ1) is 15.1. The van der Waals surface area contributed by atoms with Crippen molar-refractivity contribution in [1.82, 2.24) is 0 Å². The third kappa shape index (κ3) is 3.64. The van der Waals surface area contributed by atoms with Crippen LogP contribution in [0.2, 0.25) is 0 Å². The molecule has 2 N–H and O–H groups in total. The van der Waals surface area contributed by atoms with Crippen LogP contribution in [0.5, 0.6) is 11.5 Å². The molecule has 0 aliphatic heterocycles. The van der Waals surface area contributed by atoms with Gasteiger partial charge in [-0.2, -0.15) is 0 Å². The van der Waals surface area contributed by atoms with Gasteiger partial charge in [0.25, 0.3) is 0 Å². The summed E-state index contributed by atoms with van der Waals surface area (Å²) in [4.78, 5) is 0. The minimum absolute atomic E-state index is 0.00879. The third-order valence-corrected chi connectivity index (χ3v) is 3.92. The van der Waals surface area contributed by atoms with Gasteiger partial charge in [-0.15, -0.1) is 0 Å². The molecule has 1 saturated carbocycles. The molecule has 20 heavy (non-hydrogen) atoms. The van der Waals surface area contributed by atoms with Gasteiger partial charge in [-0.05, 0) is 43.9 Å². The van der Waals surface area contributed by atoms with E-state index in [9.17, 15) is 0 Å². The highest BCUT2D eigenvalue weighted by molar-refractivity contribution is 5.43. The molecule has 0 aromatic heterocycles. The van der Waals surface area contributed by atoms with E-state index in [2.05, 4.69) is 0 Å². The molecule has 0 bridgehead atoms. The van der Waals surface area contributed by atoms with Gasteiger partial charge in [0.1, 0.15) is 6.10 Å². The SMILES string of the molecule is COc1cc([C@@H](C)N)ccc1OC1CCCC(OC)C1. The molecule has 0 radical (unpaired) electrons. The van der Waals surface area contributed by atoms with E-state index in [0.717, 1.165) is 42.7 Å². The second kappa shape index (κ2) is 6.95. The van der Waals surface area contributed by atoms with E-state index in [1.807, 2.05) is 25.1 Å². The zero-order valence-electron chi connectivity index (χ0n) is 12.6. The van der Waals surface area contributed by atoms with Crippen molar-refractivity contribution in [2.75, 3.05) is 14.2 Å². The Hall–Kier alpha value is -1.26. The van der Waals surface area contributed by atoms with Crippen LogP contribution in [0.25, 0.3) is 0 Å². The lowest BCUT2D eigenvalue weighted by atomic mass is 9.95. The van der Waals surface area contributed by atoms with Crippen LogP contribution in [0.1, 0.15) is 44.2 Å². The van der Waals surface area contributed by atoms with Crippen molar-refractivity contribution in [1.29, 1.82) is 0 Å². The van der Waals surface area contributed by atoms with Crippen LogP contribution in [0.4, 0.5) is 0 Å². The molecule has 1 aromatic rings. The number of methoxy groups -OCH3 is 2. The summed E-state index contributed by atoms with van der Waals surface area (Å²) in [5, 5.41) is 0. The van der Waals surface area contributed by atoms with Crippen LogP contribution < -0.4 is 15.2 Å². The quantitative estimate of drug-likeness (QED) is 0.900. The normalized spacial score (nSPS) is 24.2. The van der Waals surface area contributed by atoms with E-state index in [1.165, 1.54) is 0 Å². The van der Waals surface area contributed by atoms with Crippen molar-refractivity contribution in [3.05, 3.63) is 23.8 Å². The Morgan fingerprint density at radius 1 is 1.15 bits per heavy atom. The van der Waals surface area contributed by atoms with Gasteiger partial charge in [0.2, 0.25) is 0 Å². The fraction of sp³-hybridized carbons (Fsp3) is 0.625. The van der Waals surface area contributed by atoms with Gasteiger partial charge >= 0.3 is 0 Å². The molecule has 1 aromatic carbocycles. The molecule has 1 fully saturated rings. The number of ether oxygens (including phenoxy) is 3. The maximum Gasteiger partial charge on any atom is 0.161 e. The van der Waals surface area contributed by atoms with Crippen molar-refractivity contribution >= 4 is 0 Å². The van der Waals surface area contributed by atoms with Gasteiger partial charge in [-0.1, -0.05) is 6.07 Å². The van der Waals surface area contributed by atoms with Crippen LogP contribution in [0, 0.1) is 0 Å². The first-order valence-electron chi connectivity index (χ1n) is 7.27. The number of nitrogens with two attached hydrogens (primary N) is 1. The maximum atomic E-state index is 6.10. The predicted molar refractivity (Wildman–Crippen MR) is 79.3 cm³/mol. The Kier molecular flexibility index (Phi) is 5.26. The second-order valence-corrected chi connectivity index (χ2v) is 5.46. The predicted octanol–water partition coefficient (Wildman–Crippen LogP) is 3.05. The van der Waals surface area contributed by atoms with E-state index in [1.54, 1.807) is 14.2 Å². The summed E-state index contributed by atoms with van der Waals surface area (Å²) in [7, 11) is 3.43. The van der Waals surface area contributed by atoms with E-state index in [0.29, 0.717) is 6.10 Å². The molecule has 3 atom stereocenters. The van der Waals surface area contributed by atoms with Gasteiger partial charge in [0, 0.05) is 19.6 Å². The zero-order valence-corrected chi connectivity index (χ0v) is 12.6. The summed E-state index contributed by atoms with van der Waals surface area (Å²) in [6.07, 6.45) is 4.78. The Labute approximate surface area is 121 Å². The Bertz CT molecular complexity index is 434. The molecule has 0 saturated heterocycles. The largest absolute Gasteiger partial charge is 0.493 e. The van der Waals surface area contributed by atoms with Gasteiger partial charge < -0.3 is 19.9 Å². The van der Waals surface area contributed by atoms with Gasteiger partial charge in [0.15, 0.2) is 11.5 Å². The third-order valence-electron chi connectivity index (χ3n) is 3.92. The fourth-order valence-electron chi connectivity index (χ4n) is 2.67. The molecule has 4 nitrogen and oxygen atoms in total. The van der Waals surface area contributed by atoms with Gasteiger partial charge in [-0.3, -0.25) is 0 Å². The average molecular weight is 279 g/mol. The van der Waals surface area contributed by atoms with Crippen LogP contribution in [0.15, 0.2) is 18.2 Å². The first-order chi connectivity index (χ1) is 9.63. The lowest BCUT2D eigenvalue weighted by molar-refractivity contribution is 0.0201. The van der Waals surface area contributed by atoms with Crippen LogP contribution in [-0.4, -0.2) is 26.4 Å². The summed E-state index contributed by atoms with van der Waals surface area (Å²) in [6.45, 7) is 1.96. The smallest absolute Gasteiger partial charge is 0.161 e. The molecule has 1 aliphatic rings. The minimum Gasteiger partial charge on any atom is -0.493 e. The Balaban J connectivity index is 2.08. The molecule has 0 amide bonds. The number of rotatable bonds is 5. The second-order valence-electron chi connectivity index (χ2n) is 5.46. The van der Waals surface area contributed by atoms with Crippen molar-refractivity contribution in [3.63, 3.8) is 0 Å². The van der Waals surface area contributed by atoms with Crippen molar-refractivity contribution in [3.8, 4) is 11.5 Å². The highest BCUT2D eigenvalue weighted by atomic mass is 16.5. The van der Waals surface area contributed by atoms with Crippen LogP contribution in [-0.2, 0) is 4.74 Å². The van der Waals surface area contributed by atoms with Gasteiger partial charge in [0.05, 0.1) is 13.2 Å². The number of hydrogen-bond acceptors (Lipinski definition) is 4. The molecule has 112 valence electrons. The highest BCUT2D eigenvalue weighted by Crippen LogP contribution is 2.33. The summed E-state index contributed by atoms with van der Waals surface area (Å²) in [6, 6.07) is 5.90. The molecular formula is C16H25NO3. The summed E-state index contributed by atoms with van der Waals surface area (Å²) >= 11 is 0. The zero-order chi connectivity index (χ0) is 14.5. The summed E-state index contributed by atoms with van der Waals surface area (Å²) in [5.41, 5.74) is 6.94. The van der Waals surface area contributed by atoms with Crippen molar-refractivity contribution in [2.24, 2.45) is 5.73 Å². The molecule has 2 rings (SSSR count). The molecule has 4 heteroatoms. The lowest BCUT2D eigenvalue weighted by Gasteiger charge is -2.29. The van der Waals surface area contributed by atoms with E-state index in [4.69, 9.17) is 19.9 Å². The molecule has 2 unspecified atom stereocenters. The van der Waals surface area contributed by atoms with Crippen LogP contribution in [0.3, 0.4) is 0 Å².